The smallest absolute Gasteiger partial charge is 0.224 e. The summed E-state index contributed by atoms with van der Waals surface area (Å²) in [6.07, 6.45) is 4.07. The minimum absolute atomic E-state index is 0.160. The number of benzene rings is 1. The molecule has 4 heteroatoms. The monoisotopic (exact) mass is 290 g/mol. The van der Waals surface area contributed by atoms with E-state index in [1.165, 1.54) is 5.56 Å². The lowest BCUT2D eigenvalue weighted by Crippen LogP contribution is -2.40. The lowest BCUT2D eigenvalue weighted by atomic mass is 9.99. The van der Waals surface area contributed by atoms with Crippen molar-refractivity contribution in [2.45, 2.75) is 32.3 Å². The second-order valence-electron chi connectivity index (χ2n) is 5.58. The highest BCUT2D eigenvalue weighted by Gasteiger charge is 2.19. The molecular weight excluding hydrogens is 264 g/mol. The average Bonchev–Trinajstić information content (AvgIpc) is 2.55. The maximum Gasteiger partial charge on any atom is 0.224 e. The largest absolute Gasteiger partial charge is 0.377 e. The molecule has 0 aromatic heterocycles. The van der Waals surface area contributed by atoms with Gasteiger partial charge in [0.05, 0.1) is 12.5 Å². The fourth-order valence-electron chi connectivity index (χ4n) is 2.52. The first-order valence-electron chi connectivity index (χ1n) is 7.96. The van der Waals surface area contributed by atoms with Crippen LogP contribution in [0.2, 0.25) is 0 Å². The van der Waals surface area contributed by atoms with Gasteiger partial charge in [0.25, 0.3) is 0 Å². The third-order valence-corrected chi connectivity index (χ3v) is 3.79. The summed E-state index contributed by atoms with van der Waals surface area (Å²) in [5.41, 5.74) is 1.20. The van der Waals surface area contributed by atoms with Gasteiger partial charge in [0.15, 0.2) is 0 Å². The van der Waals surface area contributed by atoms with Crippen LogP contribution >= 0.6 is 0 Å². The number of hydrogen-bond acceptors (Lipinski definition) is 3. The first-order valence-corrected chi connectivity index (χ1v) is 7.96. The molecule has 1 aromatic rings. The molecule has 0 aliphatic carbocycles. The summed E-state index contributed by atoms with van der Waals surface area (Å²) >= 11 is 0. The Labute approximate surface area is 127 Å². The van der Waals surface area contributed by atoms with E-state index in [2.05, 4.69) is 22.8 Å². The molecule has 1 saturated heterocycles. The number of carbonyl (C=O) groups is 1. The van der Waals surface area contributed by atoms with Crippen molar-refractivity contribution in [3.05, 3.63) is 35.9 Å². The van der Waals surface area contributed by atoms with Crippen molar-refractivity contribution in [2.75, 3.05) is 26.2 Å². The lowest BCUT2D eigenvalue weighted by Gasteiger charge is -2.21. The Balaban J connectivity index is 1.45. The van der Waals surface area contributed by atoms with Crippen molar-refractivity contribution >= 4 is 5.91 Å². The van der Waals surface area contributed by atoms with Gasteiger partial charge < -0.3 is 15.4 Å². The highest BCUT2D eigenvalue weighted by molar-refractivity contribution is 5.78. The zero-order valence-corrected chi connectivity index (χ0v) is 12.6. The Kier molecular flexibility index (Phi) is 7.25. The summed E-state index contributed by atoms with van der Waals surface area (Å²) in [6.45, 7) is 4.04. The minimum atomic E-state index is 0.160. The molecule has 1 atom stereocenters. The van der Waals surface area contributed by atoms with Crippen molar-refractivity contribution in [2.24, 2.45) is 5.92 Å². The van der Waals surface area contributed by atoms with Gasteiger partial charge in [0.1, 0.15) is 0 Å². The van der Waals surface area contributed by atoms with Gasteiger partial charge >= 0.3 is 0 Å². The lowest BCUT2D eigenvalue weighted by molar-refractivity contribution is -0.125. The molecule has 2 rings (SSSR count). The second kappa shape index (κ2) is 9.53. The Hall–Kier alpha value is -1.39. The fraction of sp³-hybridized carbons (Fsp3) is 0.588. The zero-order chi connectivity index (χ0) is 14.8. The van der Waals surface area contributed by atoms with E-state index in [4.69, 9.17) is 4.74 Å². The maximum absolute atomic E-state index is 11.9. The predicted octanol–water partition coefficient (Wildman–Crippen LogP) is 2.10. The summed E-state index contributed by atoms with van der Waals surface area (Å²) in [7, 11) is 0. The molecule has 1 aliphatic heterocycles. The van der Waals surface area contributed by atoms with Crippen LogP contribution in [0.5, 0.6) is 0 Å². The van der Waals surface area contributed by atoms with Crippen LogP contribution in [-0.2, 0) is 16.1 Å². The number of piperidine rings is 1. The third-order valence-electron chi connectivity index (χ3n) is 3.79. The van der Waals surface area contributed by atoms with Crippen molar-refractivity contribution in [3.63, 3.8) is 0 Å². The van der Waals surface area contributed by atoms with Gasteiger partial charge in [-0.15, -0.1) is 0 Å². The summed E-state index contributed by atoms with van der Waals surface area (Å²) in [4.78, 5) is 11.9. The van der Waals surface area contributed by atoms with Gasteiger partial charge in [-0.3, -0.25) is 4.79 Å². The number of rotatable bonds is 8. The fourth-order valence-corrected chi connectivity index (χ4v) is 2.52. The third kappa shape index (κ3) is 6.27. The van der Waals surface area contributed by atoms with Gasteiger partial charge in [-0.05, 0) is 37.8 Å². The molecule has 0 bridgehead atoms. The molecule has 1 aliphatic rings. The van der Waals surface area contributed by atoms with Gasteiger partial charge in [0, 0.05) is 19.7 Å². The highest BCUT2D eigenvalue weighted by atomic mass is 16.5. The van der Waals surface area contributed by atoms with Crippen LogP contribution in [0.3, 0.4) is 0 Å². The Morgan fingerprint density at radius 3 is 2.90 bits per heavy atom. The standard InChI is InChI=1S/C17H26N2O2/c20-17(16-9-6-10-18-13-16)19-11-4-5-12-21-14-15-7-2-1-3-8-15/h1-3,7-8,16,18H,4-6,9-14H2,(H,19,20). The molecule has 1 unspecified atom stereocenters. The van der Waals surface area contributed by atoms with Crippen molar-refractivity contribution in [1.29, 1.82) is 0 Å². The van der Waals surface area contributed by atoms with Crippen LogP contribution in [0, 0.1) is 5.92 Å². The van der Waals surface area contributed by atoms with Crippen LogP contribution in [0.1, 0.15) is 31.2 Å². The Bertz CT molecular complexity index is 403. The van der Waals surface area contributed by atoms with E-state index in [-0.39, 0.29) is 11.8 Å². The predicted molar refractivity (Wildman–Crippen MR) is 83.9 cm³/mol. The van der Waals surface area contributed by atoms with E-state index in [1.807, 2.05) is 18.2 Å². The van der Waals surface area contributed by atoms with Gasteiger partial charge in [-0.25, -0.2) is 0 Å². The summed E-state index contributed by atoms with van der Waals surface area (Å²) in [6, 6.07) is 10.2. The van der Waals surface area contributed by atoms with Gasteiger partial charge in [-0.2, -0.15) is 0 Å². The van der Waals surface area contributed by atoms with E-state index in [9.17, 15) is 4.79 Å². The second-order valence-corrected chi connectivity index (χ2v) is 5.58. The van der Waals surface area contributed by atoms with Crippen LogP contribution < -0.4 is 10.6 Å². The minimum Gasteiger partial charge on any atom is -0.377 e. The molecule has 1 amide bonds. The maximum atomic E-state index is 11.9. The number of nitrogens with one attached hydrogen (secondary N) is 2. The highest BCUT2D eigenvalue weighted by Crippen LogP contribution is 2.09. The van der Waals surface area contributed by atoms with Crippen LogP contribution in [0.15, 0.2) is 30.3 Å². The average molecular weight is 290 g/mol. The first-order chi connectivity index (χ1) is 10.4. The summed E-state index contributed by atoms with van der Waals surface area (Å²) < 4.78 is 5.62. The molecule has 1 heterocycles. The Morgan fingerprint density at radius 1 is 1.29 bits per heavy atom. The molecular formula is C17H26N2O2. The van der Waals surface area contributed by atoms with E-state index in [0.717, 1.165) is 51.9 Å². The summed E-state index contributed by atoms with van der Waals surface area (Å²) in [5, 5.41) is 6.30. The SMILES string of the molecule is O=C(NCCCCOCc1ccccc1)C1CCCNC1. The summed E-state index contributed by atoms with van der Waals surface area (Å²) in [5.74, 6) is 0.362. The van der Waals surface area contributed by atoms with Crippen molar-refractivity contribution in [3.8, 4) is 0 Å². The van der Waals surface area contributed by atoms with Gasteiger partial charge in [0.2, 0.25) is 5.91 Å². The molecule has 4 nitrogen and oxygen atoms in total. The van der Waals surface area contributed by atoms with Gasteiger partial charge in [-0.1, -0.05) is 30.3 Å². The van der Waals surface area contributed by atoms with Crippen LogP contribution in [0.4, 0.5) is 0 Å². The number of carbonyl (C=O) groups excluding carboxylic acids is 1. The number of ether oxygens (including phenoxy) is 1. The number of unbranched alkanes of at least 4 members (excludes halogenated alkanes) is 1. The topological polar surface area (TPSA) is 50.4 Å². The molecule has 1 aromatic carbocycles. The van der Waals surface area contributed by atoms with Crippen LogP contribution in [0.25, 0.3) is 0 Å². The van der Waals surface area contributed by atoms with E-state index in [1.54, 1.807) is 0 Å². The molecule has 21 heavy (non-hydrogen) atoms. The number of amides is 1. The molecule has 0 spiro atoms. The number of hydrogen-bond donors (Lipinski definition) is 2. The van der Waals surface area contributed by atoms with E-state index < -0.39 is 0 Å². The molecule has 1 fully saturated rings. The van der Waals surface area contributed by atoms with Crippen molar-refractivity contribution in [1.82, 2.24) is 10.6 Å². The normalized spacial score (nSPS) is 18.4. The molecule has 0 radical (unpaired) electrons. The molecule has 0 saturated carbocycles. The zero-order valence-electron chi connectivity index (χ0n) is 12.6. The first kappa shape index (κ1) is 16.0. The van der Waals surface area contributed by atoms with E-state index >= 15 is 0 Å². The van der Waals surface area contributed by atoms with E-state index in [0.29, 0.717) is 6.61 Å². The molecule has 2 N–H and O–H groups in total. The Morgan fingerprint density at radius 2 is 2.14 bits per heavy atom. The van der Waals surface area contributed by atoms with Crippen LogP contribution in [-0.4, -0.2) is 32.1 Å². The quantitative estimate of drug-likeness (QED) is 0.721. The van der Waals surface area contributed by atoms with Crippen molar-refractivity contribution < 1.29 is 9.53 Å². The molecule has 116 valence electrons.